The second-order valence-corrected chi connectivity index (χ2v) is 5.21. The number of rotatable bonds is 1. The summed E-state index contributed by atoms with van der Waals surface area (Å²) < 4.78 is 0. The summed E-state index contributed by atoms with van der Waals surface area (Å²) in [6, 6.07) is 0. The Kier molecular flexibility index (Phi) is 2.13. The Morgan fingerprint density at radius 3 is 2.57 bits per heavy atom. The van der Waals surface area contributed by atoms with Crippen LogP contribution < -0.4 is 0 Å². The molecule has 0 N–H and O–H groups in total. The smallest absolute Gasteiger partial charge is 0.181 e. The summed E-state index contributed by atoms with van der Waals surface area (Å²) in [6.07, 6.45) is 7.62. The van der Waals surface area contributed by atoms with Gasteiger partial charge in [0.2, 0.25) is 0 Å². The van der Waals surface area contributed by atoms with Gasteiger partial charge in [-0.05, 0) is 41.7 Å². The first-order chi connectivity index (χ1) is 6.52. The summed E-state index contributed by atoms with van der Waals surface area (Å²) in [7, 11) is 0. The Balaban J connectivity index is 2.30. The van der Waals surface area contributed by atoms with Gasteiger partial charge in [-0.1, -0.05) is 32.9 Å². The van der Waals surface area contributed by atoms with Crippen molar-refractivity contribution in [3.8, 4) is 0 Å². The van der Waals surface area contributed by atoms with Crippen molar-refractivity contribution in [1.29, 1.82) is 0 Å². The van der Waals surface area contributed by atoms with Crippen LogP contribution in [0.25, 0.3) is 0 Å². The molecule has 1 fully saturated rings. The van der Waals surface area contributed by atoms with Crippen LogP contribution in [0.2, 0.25) is 0 Å². The van der Waals surface area contributed by atoms with Crippen molar-refractivity contribution in [2.24, 2.45) is 17.3 Å². The third-order valence-corrected chi connectivity index (χ3v) is 3.78. The highest BCUT2D eigenvalue weighted by molar-refractivity contribution is 6.05. The molecule has 1 unspecified atom stereocenters. The minimum atomic E-state index is 0.121. The average molecular weight is 190 g/mol. The topological polar surface area (TPSA) is 17.1 Å². The fourth-order valence-electron chi connectivity index (χ4n) is 2.77. The third kappa shape index (κ3) is 1.35. The fourth-order valence-corrected chi connectivity index (χ4v) is 2.77. The van der Waals surface area contributed by atoms with Gasteiger partial charge >= 0.3 is 0 Å². The van der Waals surface area contributed by atoms with Crippen molar-refractivity contribution in [1.82, 2.24) is 0 Å². The maximum absolute atomic E-state index is 11.6. The molecule has 1 atom stereocenters. The van der Waals surface area contributed by atoms with Gasteiger partial charge < -0.3 is 0 Å². The summed E-state index contributed by atoms with van der Waals surface area (Å²) in [6.45, 7) is 8.40. The number of ketones is 1. The summed E-state index contributed by atoms with van der Waals surface area (Å²) in [5, 5.41) is 0. The zero-order valence-electron chi connectivity index (χ0n) is 9.05. The van der Waals surface area contributed by atoms with E-state index in [-0.39, 0.29) is 11.2 Å². The Morgan fingerprint density at radius 2 is 2.07 bits per heavy atom. The summed E-state index contributed by atoms with van der Waals surface area (Å²) in [4.78, 5) is 11.6. The standard InChI is InChI=1S/C13H18O/c1-9-11(14)7-8-13(2,3)12(9)10-5-4-6-10/h7-8,10,12H,1,4-6H2,2-3H3. The van der Waals surface area contributed by atoms with Gasteiger partial charge in [-0.25, -0.2) is 0 Å². The number of allylic oxidation sites excluding steroid dienone is 3. The van der Waals surface area contributed by atoms with Gasteiger partial charge in [-0.15, -0.1) is 0 Å². The van der Waals surface area contributed by atoms with Crippen LogP contribution in [0.15, 0.2) is 24.3 Å². The number of carbonyl (C=O) groups is 1. The molecule has 0 aromatic carbocycles. The normalized spacial score (nSPS) is 31.7. The Labute approximate surface area is 85.9 Å². The van der Waals surface area contributed by atoms with E-state index in [1.807, 2.05) is 0 Å². The van der Waals surface area contributed by atoms with E-state index in [1.54, 1.807) is 6.08 Å². The molecular formula is C13H18O. The van der Waals surface area contributed by atoms with E-state index in [2.05, 4.69) is 26.5 Å². The first kappa shape index (κ1) is 9.70. The third-order valence-electron chi connectivity index (χ3n) is 3.78. The minimum Gasteiger partial charge on any atom is -0.290 e. The highest BCUT2D eigenvalue weighted by Crippen LogP contribution is 2.48. The Morgan fingerprint density at radius 1 is 1.43 bits per heavy atom. The molecule has 0 bridgehead atoms. The van der Waals surface area contributed by atoms with Gasteiger partial charge in [-0.2, -0.15) is 0 Å². The number of hydrogen-bond donors (Lipinski definition) is 0. The van der Waals surface area contributed by atoms with Gasteiger partial charge in [0, 0.05) is 0 Å². The first-order valence-electron chi connectivity index (χ1n) is 5.45. The highest BCUT2D eigenvalue weighted by atomic mass is 16.1. The summed E-state index contributed by atoms with van der Waals surface area (Å²) in [5.74, 6) is 1.22. The molecule has 1 heteroatoms. The molecule has 2 aliphatic rings. The van der Waals surface area contributed by atoms with Crippen molar-refractivity contribution in [2.45, 2.75) is 33.1 Å². The zero-order chi connectivity index (χ0) is 10.3. The molecule has 0 aromatic rings. The second kappa shape index (κ2) is 3.08. The zero-order valence-corrected chi connectivity index (χ0v) is 9.05. The van der Waals surface area contributed by atoms with Gasteiger partial charge in [0.05, 0.1) is 0 Å². The molecule has 1 saturated carbocycles. The molecule has 2 aliphatic carbocycles. The Bertz CT molecular complexity index is 305. The van der Waals surface area contributed by atoms with Crippen molar-refractivity contribution < 1.29 is 4.79 Å². The van der Waals surface area contributed by atoms with Gasteiger partial charge in [0.15, 0.2) is 5.78 Å². The highest BCUT2D eigenvalue weighted by Gasteiger charge is 2.42. The van der Waals surface area contributed by atoms with Gasteiger partial charge in [0.25, 0.3) is 0 Å². The lowest BCUT2D eigenvalue weighted by molar-refractivity contribution is -0.113. The van der Waals surface area contributed by atoms with Gasteiger partial charge in [0.1, 0.15) is 0 Å². The fraction of sp³-hybridized carbons (Fsp3) is 0.615. The predicted octanol–water partition coefficient (Wildman–Crippen LogP) is 3.12. The molecule has 0 radical (unpaired) electrons. The van der Waals surface area contributed by atoms with Crippen LogP contribution >= 0.6 is 0 Å². The van der Waals surface area contributed by atoms with Crippen LogP contribution in [0.5, 0.6) is 0 Å². The van der Waals surface area contributed by atoms with Crippen molar-refractivity contribution in [3.05, 3.63) is 24.3 Å². The molecule has 1 nitrogen and oxygen atoms in total. The summed E-state index contributed by atoms with van der Waals surface area (Å²) in [5.41, 5.74) is 0.956. The van der Waals surface area contributed by atoms with E-state index in [4.69, 9.17) is 0 Å². The lowest BCUT2D eigenvalue weighted by Gasteiger charge is -2.44. The van der Waals surface area contributed by atoms with E-state index < -0.39 is 0 Å². The lowest BCUT2D eigenvalue weighted by Crippen LogP contribution is -2.38. The molecule has 76 valence electrons. The van der Waals surface area contributed by atoms with Crippen LogP contribution in [-0.4, -0.2) is 5.78 Å². The average Bonchev–Trinajstić information content (AvgIpc) is 2.03. The Hall–Kier alpha value is -0.850. The molecule has 0 saturated heterocycles. The maximum Gasteiger partial charge on any atom is 0.181 e. The predicted molar refractivity (Wildman–Crippen MR) is 57.9 cm³/mol. The van der Waals surface area contributed by atoms with E-state index in [9.17, 15) is 4.79 Å². The molecule has 2 rings (SSSR count). The number of hydrogen-bond acceptors (Lipinski definition) is 1. The van der Waals surface area contributed by atoms with Crippen molar-refractivity contribution in [2.75, 3.05) is 0 Å². The molecule has 0 spiro atoms. The van der Waals surface area contributed by atoms with E-state index in [1.165, 1.54) is 19.3 Å². The molecular weight excluding hydrogens is 172 g/mol. The molecule has 14 heavy (non-hydrogen) atoms. The van der Waals surface area contributed by atoms with Crippen LogP contribution in [0.4, 0.5) is 0 Å². The van der Waals surface area contributed by atoms with Crippen molar-refractivity contribution >= 4 is 5.78 Å². The molecule has 0 heterocycles. The van der Waals surface area contributed by atoms with E-state index in [0.717, 1.165) is 5.57 Å². The van der Waals surface area contributed by atoms with Crippen LogP contribution in [0, 0.1) is 17.3 Å². The van der Waals surface area contributed by atoms with Crippen molar-refractivity contribution in [3.63, 3.8) is 0 Å². The first-order valence-corrected chi connectivity index (χ1v) is 5.45. The SMILES string of the molecule is C=C1C(=O)C=CC(C)(C)C1C1CCC1. The van der Waals surface area contributed by atoms with E-state index >= 15 is 0 Å². The molecule has 0 aliphatic heterocycles. The maximum atomic E-state index is 11.6. The largest absolute Gasteiger partial charge is 0.290 e. The monoisotopic (exact) mass is 190 g/mol. The minimum absolute atomic E-state index is 0.121. The van der Waals surface area contributed by atoms with Crippen LogP contribution in [0.3, 0.4) is 0 Å². The quantitative estimate of drug-likeness (QED) is 0.581. The number of carbonyl (C=O) groups excluding carboxylic acids is 1. The van der Waals surface area contributed by atoms with E-state index in [0.29, 0.717) is 11.8 Å². The lowest BCUT2D eigenvalue weighted by atomic mass is 9.59. The van der Waals surface area contributed by atoms with Gasteiger partial charge in [-0.3, -0.25) is 4.79 Å². The molecule has 0 amide bonds. The van der Waals surface area contributed by atoms with Crippen LogP contribution in [-0.2, 0) is 4.79 Å². The van der Waals surface area contributed by atoms with Crippen LogP contribution in [0.1, 0.15) is 33.1 Å². The summed E-state index contributed by atoms with van der Waals surface area (Å²) >= 11 is 0. The second-order valence-electron chi connectivity index (χ2n) is 5.21. The molecule has 0 aromatic heterocycles.